The summed E-state index contributed by atoms with van der Waals surface area (Å²) < 4.78 is 13.0. The van der Waals surface area contributed by atoms with Crippen LogP contribution in [0.3, 0.4) is 0 Å². The zero-order valence-corrected chi connectivity index (χ0v) is 6.73. The molecule has 1 nitrogen and oxygen atoms in total. The topological polar surface area (TPSA) is 12.0 Å². The van der Waals surface area contributed by atoms with E-state index in [-0.39, 0.29) is 0 Å². The molecule has 1 aliphatic rings. The molecule has 0 bridgehead atoms. The Labute approximate surface area is 62.0 Å². The molecule has 1 rings (SSSR count). The number of rotatable bonds is 1. The molecule has 1 saturated heterocycles. The zero-order valence-electron chi connectivity index (χ0n) is 6.73. The van der Waals surface area contributed by atoms with Gasteiger partial charge in [0, 0.05) is 6.54 Å². The van der Waals surface area contributed by atoms with Gasteiger partial charge >= 0.3 is 0 Å². The average Bonchev–Trinajstić information content (AvgIpc) is 1.88. The Morgan fingerprint density at radius 2 is 2.20 bits per heavy atom. The van der Waals surface area contributed by atoms with E-state index >= 15 is 0 Å². The first-order valence-electron chi connectivity index (χ1n) is 4.06. The van der Waals surface area contributed by atoms with E-state index in [9.17, 15) is 4.39 Å². The summed E-state index contributed by atoms with van der Waals surface area (Å²) in [6.07, 6.45) is 0.382. The van der Waals surface area contributed by atoms with Crippen molar-refractivity contribution >= 4 is 0 Å². The summed E-state index contributed by atoms with van der Waals surface area (Å²) in [5.41, 5.74) is 0. The van der Waals surface area contributed by atoms with Gasteiger partial charge in [-0.3, -0.25) is 0 Å². The molecule has 1 N–H and O–H groups in total. The monoisotopic (exact) mass is 145 g/mol. The third-order valence-corrected chi connectivity index (χ3v) is 2.31. The molecule has 0 aromatic heterocycles. The molecule has 1 fully saturated rings. The highest BCUT2D eigenvalue weighted by atomic mass is 19.1. The van der Waals surface area contributed by atoms with Crippen LogP contribution < -0.4 is 5.32 Å². The van der Waals surface area contributed by atoms with Crippen LogP contribution in [-0.2, 0) is 0 Å². The highest BCUT2D eigenvalue weighted by Gasteiger charge is 2.26. The summed E-state index contributed by atoms with van der Waals surface area (Å²) in [6.45, 7) is 5.75. The van der Waals surface area contributed by atoms with Gasteiger partial charge in [-0.1, -0.05) is 13.8 Å². The number of nitrogens with one attached hydrogen (secondary N) is 1. The molecule has 1 heterocycles. The molecule has 60 valence electrons. The molecular weight excluding hydrogens is 129 g/mol. The largest absolute Gasteiger partial charge is 0.314 e. The van der Waals surface area contributed by atoms with E-state index in [1.54, 1.807) is 0 Å². The Balaban J connectivity index is 2.40. The second-order valence-corrected chi connectivity index (χ2v) is 3.42. The van der Waals surface area contributed by atoms with Crippen molar-refractivity contribution in [1.29, 1.82) is 0 Å². The fraction of sp³-hybridized carbons (Fsp3) is 1.00. The lowest BCUT2D eigenvalue weighted by Gasteiger charge is -2.29. The van der Waals surface area contributed by atoms with Crippen LogP contribution in [0.25, 0.3) is 0 Å². The van der Waals surface area contributed by atoms with Crippen molar-refractivity contribution in [3.05, 3.63) is 0 Å². The van der Waals surface area contributed by atoms with Gasteiger partial charge in [0.25, 0.3) is 0 Å². The molecule has 0 aromatic rings. The van der Waals surface area contributed by atoms with E-state index < -0.39 is 6.17 Å². The van der Waals surface area contributed by atoms with Gasteiger partial charge in [-0.05, 0) is 24.8 Å². The molecule has 0 spiro atoms. The second kappa shape index (κ2) is 3.33. The third kappa shape index (κ3) is 1.69. The van der Waals surface area contributed by atoms with Crippen molar-refractivity contribution in [2.75, 3.05) is 13.1 Å². The van der Waals surface area contributed by atoms with E-state index in [2.05, 4.69) is 19.2 Å². The Morgan fingerprint density at radius 1 is 1.50 bits per heavy atom. The number of hydrogen-bond acceptors (Lipinski definition) is 1. The summed E-state index contributed by atoms with van der Waals surface area (Å²) in [4.78, 5) is 0. The molecule has 10 heavy (non-hydrogen) atoms. The Kier molecular flexibility index (Phi) is 2.66. The van der Waals surface area contributed by atoms with Crippen LogP contribution in [0.2, 0.25) is 0 Å². The second-order valence-electron chi connectivity index (χ2n) is 3.42. The van der Waals surface area contributed by atoms with Crippen LogP contribution in [0, 0.1) is 11.8 Å². The molecule has 0 aliphatic carbocycles. The van der Waals surface area contributed by atoms with E-state index in [1.165, 1.54) is 0 Å². The van der Waals surface area contributed by atoms with E-state index in [0.717, 1.165) is 13.0 Å². The summed E-state index contributed by atoms with van der Waals surface area (Å²) in [7, 11) is 0. The number of piperidine rings is 1. The molecule has 2 unspecified atom stereocenters. The van der Waals surface area contributed by atoms with Crippen molar-refractivity contribution < 1.29 is 4.39 Å². The standard InChI is InChI=1S/C8H16FN/c1-6(2)7-3-4-10-5-8(7)9/h6-8,10H,3-5H2,1-2H3. The molecule has 0 aromatic carbocycles. The first-order chi connectivity index (χ1) is 4.72. The zero-order chi connectivity index (χ0) is 7.56. The van der Waals surface area contributed by atoms with E-state index in [1.807, 2.05) is 0 Å². The van der Waals surface area contributed by atoms with Gasteiger partial charge < -0.3 is 5.32 Å². The molecular formula is C8H16FN. The smallest absolute Gasteiger partial charge is 0.116 e. The quantitative estimate of drug-likeness (QED) is 0.591. The van der Waals surface area contributed by atoms with Crippen LogP contribution in [0.4, 0.5) is 4.39 Å². The lowest BCUT2D eigenvalue weighted by atomic mass is 9.86. The Hall–Kier alpha value is -0.110. The maximum atomic E-state index is 13.0. The van der Waals surface area contributed by atoms with Gasteiger partial charge in [-0.2, -0.15) is 0 Å². The highest BCUT2D eigenvalue weighted by molar-refractivity contribution is 4.79. The first kappa shape index (κ1) is 7.99. The minimum absolute atomic E-state index is 0.293. The highest BCUT2D eigenvalue weighted by Crippen LogP contribution is 2.23. The van der Waals surface area contributed by atoms with Crippen molar-refractivity contribution in [2.45, 2.75) is 26.4 Å². The maximum Gasteiger partial charge on any atom is 0.116 e. The fourth-order valence-electron chi connectivity index (χ4n) is 1.59. The lowest BCUT2D eigenvalue weighted by molar-refractivity contribution is 0.140. The number of hydrogen-bond donors (Lipinski definition) is 1. The van der Waals surface area contributed by atoms with Gasteiger partial charge in [-0.15, -0.1) is 0 Å². The third-order valence-electron chi connectivity index (χ3n) is 2.31. The van der Waals surface area contributed by atoms with Crippen LogP contribution in [-0.4, -0.2) is 19.3 Å². The van der Waals surface area contributed by atoms with Crippen molar-refractivity contribution in [2.24, 2.45) is 11.8 Å². The number of halogens is 1. The van der Waals surface area contributed by atoms with Crippen molar-refractivity contribution in [3.8, 4) is 0 Å². The average molecular weight is 145 g/mol. The Bertz CT molecular complexity index is 103. The minimum Gasteiger partial charge on any atom is -0.314 e. The van der Waals surface area contributed by atoms with Crippen LogP contribution >= 0.6 is 0 Å². The molecule has 2 heteroatoms. The van der Waals surface area contributed by atoms with Gasteiger partial charge in [0.15, 0.2) is 0 Å². The SMILES string of the molecule is CC(C)C1CCNCC1F. The Morgan fingerprint density at radius 3 is 2.60 bits per heavy atom. The van der Waals surface area contributed by atoms with Crippen molar-refractivity contribution in [3.63, 3.8) is 0 Å². The minimum atomic E-state index is -0.617. The van der Waals surface area contributed by atoms with E-state index in [0.29, 0.717) is 18.4 Å². The molecule has 1 aliphatic heterocycles. The van der Waals surface area contributed by atoms with Crippen molar-refractivity contribution in [1.82, 2.24) is 5.32 Å². The van der Waals surface area contributed by atoms with Crippen LogP contribution in [0.5, 0.6) is 0 Å². The van der Waals surface area contributed by atoms with Gasteiger partial charge in [0.1, 0.15) is 6.17 Å². The van der Waals surface area contributed by atoms with Crippen LogP contribution in [0.1, 0.15) is 20.3 Å². The summed E-state index contributed by atoms with van der Waals surface area (Å²) in [5.74, 6) is 0.790. The molecule has 0 amide bonds. The van der Waals surface area contributed by atoms with Crippen LogP contribution in [0.15, 0.2) is 0 Å². The summed E-state index contributed by atoms with van der Waals surface area (Å²) in [5, 5.41) is 3.04. The predicted octanol–water partition coefficient (Wildman–Crippen LogP) is 1.59. The molecule has 0 saturated carbocycles. The molecule has 0 radical (unpaired) electrons. The maximum absolute atomic E-state index is 13.0. The fourth-order valence-corrected chi connectivity index (χ4v) is 1.59. The number of alkyl halides is 1. The lowest BCUT2D eigenvalue weighted by Crippen LogP contribution is -2.40. The van der Waals surface area contributed by atoms with Gasteiger partial charge in [0.05, 0.1) is 0 Å². The summed E-state index contributed by atoms with van der Waals surface area (Å²) >= 11 is 0. The predicted molar refractivity (Wildman–Crippen MR) is 40.7 cm³/mol. The van der Waals surface area contributed by atoms with Gasteiger partial charge in [0.2, 0.25) is 0 Å². The first-order valence-corrected chi connectivity index (χ1v) is 4.06. The molecule has 2 atom stereocenters. The van der Waals surface area contributed by atoms with Gasteiger partial charge in [-0.25, -0.2) is 4.39 Å². The summed E-state index contributed by atoms with van der Waals surface area (Å²) in [6, 6.07) is 0. The normalized spacial score (nSPS) is 34.8. The van der Waals surface area contributed by atoms with E-state index in [4.69, 9.17) is 0 Å².